The molecule has 8 heteroatoms. The lowest BCUT2D eigenvalue weighted by Crippen LogP contribution is -2.40. The van der Waals surface area contributed by atoms with Gasteiger partial charge in [0.1, 0.15) is 11.7 Å². The summed E-state index contributed by atoms with van der Waals surface area (Å²) in [5.41, 5.74) is 0.215. The summed E-state index contributed by atoms with van der Waals surface area (Å²) < 4.78 is 0. The lowest BCUT2D eigenvalue weighted by molar-refractivity contribution is -0.384. The van der Waals surface area contributed by atoms with E-state index >= 15 is 0 Å². The van der Waals surface area contributed by atoms with Gasteiger partial charge in [-0.2, -0.15) is 0 Å². The summed E-state index contributed by atoms with van der Waals surface area (Å²) in [7, 11) is 0. The van der Waals surface area contributed by atoms with Crippen LogP contribution in [-0.2, 0) is 4.79 Å². The van der Waals surface area contributed by atoms with Gasteiger partial charge in [0.05, 0.1) is 4.92 Å². The summed E-state index contributed by atoms with van der Waals surface area (Å²) >= 11 is 0. The number of carboxylic acids is 1. The van der Waals surface area contributed by atoms with Crippen molar-refractivity contribution in [3.8, 4) is 0 Å². The molecule has 0 aliphatic heterocycles. The predicted molar refractivity (Wildman–Crippen MR) is 88.1 cm³/mol. The van der Waals surface area contributed by atoms with Gasteiger partial charge in [0.15, 0.2) is 0 Å². The van der Waals surface area contributed by atoms with Gasteiger partial charge in [0.2, 0.25) is 0 Å². The summed E-state index contributed by atoms with van der Waals surface area (Å²) in [6, 6.07) is 3.24. The monoisotopic (exact) mass is 333 g/mol. The van der Waals surface area contributed by atoms with Crippen LogP contribution in [-0.4, -0.2) is 34.0 Å². The number of nitro groups is 1. The van der Waals surface area contributed by atoms with Crippen LogP contribution in [0.4, 0.5) is 11.4 Å². The van der Waals surface area contributed by atoms with Crippen LogP contribution in [0.2, 0.25) is 0 Å². The zero-order valence-electron chi connectivity index (χ0n) is 13.2. The Hall–Kier alpha value is -2.90. The Bertz CT molecular complexity index is 682. The van der Waals surface area contributed by atoms with Crippen LogP contribution in [0.15, 0.2) is 30.4 Å². The summed E-state index contributed by atoms with van der Waals surface area (Å²) in [6.07, 6.45) is 5.38. The van der Waals surface area contributed by atoms with E-state index in [4.69, 9.17) is 5.11 Å². The van der Waals surface area contributed by atoms with E-state index in [1.54, 1.807) is 19.1 Å². The average Bonchev–Trinajstić information content (AvgIpc) is 3.35. The molecule has 1 aliphatic carbocycles. The highest BCUT2D eigenvalue weighted by Crippen LogP contribution is 2.31. The Balaban J connectivity index is 2.17. The molecule has 0 bridgehead atoms. The molecule has 1 amide bonds. The van der Waals surface area contributed by atoms with Crippen molar-refractivity contribution in [2.75, 3.05) is 5.32 Å². The number of anilines is 1. The Morgan fingerprint density at radius 1 is 1.46 bits per heavy atom. The van der Waals surface area contributed by atoms with Crippen LogP contribution < -0.4 is 10.6 Å². The van der Waals surface area contributed by atoms with Crippen LogP contribution in [0.3, 0.4) is 0 Å². The minimum Gasteiger partial charge on any atom is -0.480 e. The Labute approximate surface area is 138 Å². The molecule has 0 aromatic heterocycles. The second-order valence-electron chi connectivity index (χ2n) is 5.58. The molecular weight excluding hydrogens is 314 g/mol. The first-order chi connectivity index (χ1) is 11.4. The summed E-state index contributed by atoms with van der Waals surface area (Å²) in [5.74, 6) is -1.82. The van der Waals surface area contributed by atoms with Crippen LogP contribution in [0.5, 0.6) is 0 Å². The van der Waals surface area contributed by atoms with Gasteiger partial charge in [-0.15, -0.1) is 0 Å². The van der Waals surface area contributed by atoms with Crippen molar-refractivity contribution >= 4 is 23.3 Å². The molecule has 1 fully saturated rings. The molecule has 1 atom stereocenters. The molecule has 3 N–H and O–H groups in total. The quantitative estimate of drug-likeness (QED) is 0.381. The van der Waals surface area contributed by atoms with Crippen molar-refractivity contribution in [3.05, 3.63) is 46.0 Å². The molecule has 128 valence electrons. The number of carbonyl (C=O) groups excluding carboxylic acids is 1. The third kappa shape index (κ3) is 4.55. The molecule has 1 unspecified atom stereocenters. The fourth-order valence-electron chi connectivity index (χ4n) is 2.13. The van der Waals surface area contributed by atoms with Gasteiger partial charge >= 0.3 is 5.97 Å². The maximum atomic E-state index is 12.2. The highest BCUT2D eigenvalue weighted by Gasteiger charge is 2.26. The minimum atomic E-state index is -1.16. The number of carbonyl (C=O) groups is 2. The third-order valence-corrected chi connectivity index (χ3v) is 3.60. The van der Waals surface area contributed by atoms with Crippen molar-refractivity contribution < 1.29 is 19.6 Å². The lowest BCUT2D eigenvalue weighted by atomic mass is 10.1. The SMILES string of the molecule is C/C=C/CC(NC(=O)c1ccc(NC2CC2)c([N+](=O)[O-])c1)C(=O)O. The number of hydrogen-bond donors (Lipinski definition) is 3. The Morgan fingerprint density at radius 3 is 2.71 bits per heavy atom. The van der Waals surface area contributed by atoms with Crippen molar-refractivity contribution in [2.24, 2.45) is 0 Å². The summed E-state index contributed by atoms with van der Waals surface area (Å²) in [6.45, 7) is 1.75. The third-order valence-electron chi connectivity index (χ3n) is 3.60. The van der Waals surface area contributed by atoms with Crippen LogP contribution >= 0.6 is 0 Å². The van der Waals surface area contributed by atoms with Gasteiger partial charge in [-0.1, -0.05) is 12.2 Å². The number of carboxylic acid groups (broad SMARTS) is 1. The van der Waals surface area contributed by atoms with E-state index in [2.05, 4.69) is 10.6 Å². The second-order valence-corrected chi connectivity index (χ2v) is 5.58. The van der Waals surface area contributed by atoms with E-state index in [9.17, 15) is 19.7 Å². The predicted octanol–water partition coefficient (Wildman–Crippen LogP) is 2.32. The van der Waals surface area contributed by atoms with E-state index in [0.29, 0.717) is 5.69 Å². The van der Waals surface area contributed by atoms with Crippen molar-refractivity contribution in [2.45, 2.75) is 38.3 Å². The standard InChI is InChI=1S/C16H19N3O5/c1-2-3-4-13(16(21)22)18-15(20)10-5-8-12(17-11-6-7-11)14(9-10)19(23)24/h2-3,5,8-9,11,13,17H,4,6-7H2,1H3,(H,18,20)(H,21,22)/b3-2+. The first-order valence-corrected chi connectivity index (χ1v) is 7.62. The topological polar surface area (TPSA) is 122 Å². The van der Waals surface area contributed by atoms with Crippen LogP contribution in [0, 0.1) is 10.1 Å². The number of allylic oxidation sites excluding steroid dienone is 1. The largest absolute Gasteiger partial charge is 0.480 e. The minimum absolute atomic E-state index is 0.0507. The molecule has 2 rings (SSSR count). The normalized spacial score (nSPS) is 15.0. The van der Waals surface area contributed by atoms with Gasteiger partial charge in [0, 0.05) is 17.7 Å². The zero-order valence-corrected chi connectivity index (χ0v) is 13.2. The fraction of sp³-hybridized carbons (Fsp3) is 0.375. The van der Waals surface area contributed by atoms with E-state index in [1.165, 1.54) is 12.1 Å². The molecule has 0 heterocycles. The molecule has 1 aromatic carbocycles. The number of rotatable bonds is 8. The number of amides is 1. The van der Waals surface area contributed by atoms with Crippen molar-refractivity contribution in [1.29, 1.82) is 0 Å². The van der Waals surface area contributed by atoms with Gasteiger partial charge in [-0.3, -0.25) is 14.9 Å². The molecule has 24 heavy (non-hydrogen) atoms. The number of aliphatic carboxylic acids is 1. The number of nitrogens with zero attached hydrogens (tertiary/aromatic N) is 1. The van der Waals surface area contributed by atoms with E-state index in [1.807, 2.05) is 0 Å². The average molecular weight is 333 g/mol. The number of hydrogen-bond acceptors (Lipinski definition) is 5. The molecule has 1 aromatic rings. The lowest BCUT2D eigenvalue weighted by Gasteiger charge is -2.13. The smallest absolute Gasteiger partial charge is 0.326 e. The Morgan fingerprint density at radius 2 is 2.17 bits per heavy atom. The summed E-state index contributed by atoms with van der Waals surface area (Å²) in [4.78, 5) is 34.0. The molecule has 1 saturated carbocycles. The highest BCUT2D eigenvalue weighted by molar-refractivity contribution is 5.97. The molecule has 0 saturated heterocycles. The molecule has 0 radical (unpaired) electrons. The second kappa shape index (κ2) is 7.58. The Kier molecular flexibility index (Phi) is 5.51. The number of nitro benzene ring substituents is 1. The van der Waals surface area contributed by atoms with Gasteiger partial charge in [-0.05, 0) is 38.3 Å². The summed E-state index contributed by atoms with van der Waals surface area (Å²) in [5, 5.41) is 25.7. The maximum Gasteiger partial charge on any atom is 0.326 e. The zero-order chi connectivity index (χ0) is 17.7. The van der Waals surface area contributed by atoms with Gasteiger partial charge in [0.25, 0.3) is 11.6 Å². The maximum absolute atomic E-state index is 12.2. The van der Waals surface area contributed by atoms with Crippen LogP contribution in [0.1, 0.15) is 36.5 Å². The van der Waals surface area contributed by atoms with Crippen LogP contribution in [0.25, 0.3) is 0 Å². The molecule has 8 nitrogen and oxygen atoms in total. The molecule has 0 spiro atoms. The first kappa shape index (κ1) is 17.5. The van der Waals surface area contributed by atoms with E-state index in [0.717, 1.165) is 18.9 Å². The van der Waals surface area contributed by atoms with Gasteiger partial charge < -0.3 is 15.7 Å². The van der Waals surface area contributed by atoms with E-state index < -0.39 is 22.8 Å². The number of benzene rings is 1. The van der Waals surface area contributed by atoms with E-state index in [-0.39, 0.29) is 23.7 Å². The molecule has 1 aliphatic rings. The van der Waals surface area contributed by atoms with Crippen molar-refractivity contribution in [1.82, 2.24) is 5.32 Å². The highest BCUT2D eigenvalue weighted by atomic mass is 16.6. The van der Waals surface area contributed by atoms with Crippen molar-refractivity contribution in [3.63, 3.8) is 0 Å². The molecular formula is C16H19N3O5. The fourth-order valence-corrected chi connectivity index (χ4v) is 2.13. The van der Waals surface area contributed by atoms with Gasteiger partial charge in [-0.25, -0.2) is 4.79 Å². The first-order valence-electron chi connectivity index (χ1n) is 7.62. The number of nitrogens with one attached hydrogen (secondary N) is 2.